The zero-order valence-corrected chi connectivity index (χ0v) is 6.75. The van der Waals surface area contributed by atoms with Crippen molar-refractivity contribution in [2.24, 2.45) is 5.73 Å². The smallest absolute Gasteiger partial charge is 0.178 e. The largest absolute Gasteiger partial charge is 0.375 e. The second-order valence-electron chi connectivity index (χ2n) is 2.35. The van der Waals surface area contributed by atoms with Gasteiger partial charge in [0.05, 0.1) is 6.07 Å². The van der Waals surface area contributed by atoms with E-state index < -0.39 is 5.54 Å². The van der Waals surface area contributed by atoms with Crippen molar-refractivity contribution >= 4 is 17.3 Å². The molecule has 10 heavy (non-hydrogen) atoms. The van der Waals surface area contributed by atoms with Gasteiger partial charge in [-0.25, -0.2) is 5.43 Å². The number of nitrogens with two attached hydrogens (primary N) is 1. The Labute approximate surface area is 65.4 Å². The maximum absolute atomic E-state index is 8.47. The summed E-state index contributed by atoms with van der Waals surface area (Å²) in [7, 11) is 0. The summed E-state index contributed by atoms with van der Waals surface area (Å²) in [5.74, 6) is 0. The van der Waals surface area contributed by atoms with Crippen LogP contribution in [0.25, 0.3) is 0 Å². The number of nitriles is 1. The number of nitrogens with zero attached hydrogens (tertiary/aromatic N) is 1. The molecule has 0 aliphatic carbocycles. The third kappa shape index (κ3) is 4.06. The molecular weight excluding hydrogens is 148 g/mol. The van der Waals surface area contributed by atoms with Crippen LogP contribution in [-0.2, 0) is 0 Å². The molecule has 0 spiro atoms. The molecule has 0 fully saturated rings. The van der Waals surface area contributed by atoms with Crippen LogP contribution >= 0.6 is 12.2 Å². The van der Waals surface area contributed by atoms with Crippen molar-refractivity contribution in [2.45, 2.75) is 19.4 Å². The molecule has 0 unspecified atom stereocenters. The van der Waals surface area contributed by atoms with Crippen molar-refractivity contribution in [3.8, 4) is 6.07 Å². The van der Waals surface area contributed by atoms with Crippen LogP contribution in [0.2, 0.25) is 0 Å². The van der Waals surface area contributed by atoms with Gasteiger partial charge in [0.15, 0.2) is 5.11 Å². The average Bonchev–Trinajstić information content (AvgIpc) is 1.85. The Kier molecular flexibility index (Phi) is 3.06. The van der Waals surface area contributed by atoms with E-state index in [1.165, 1.54) is 0 Å². The van der Waals surface area contributed by atoms with Crippen molar-refractivity contribution in [3.05, 3.63) is 0 Å². The van der Waals surface area contributed by atoms with E-state index in [1.807, 2.05) is 6.07 Å². The summed E-state index contributed by atoms with van der Waals surface area (Å²) in [5.41, 5.74) is 9.56. The maximum atomic E-state index is 8.47. The topological polar surface area (TPSA) is 73.9 Å². The van der Waals surface area contributed by atoms with Crippen LogP contribution < -0.4 is 16.6 Å². The molecule has 0 saturated heterocycles. The minimum absolute atomic E-state index is 0.128. The summed E-state index contributed by atoms with van der Waals surface area (Å²) >= 11 is 4.51. The molecule has 0 amide bonds. The molecule has 0 radical (unpaired) electrons. The minimum Gasteiger partial charge on any atom is -0.375 e. The predicted molar refractivity (Wildman–Crippen MR) is 42.7 cm³/mol. The summed E-state index contributed by atoms with van der Waals surface area (Å²) in [6.45, 7) is 3.41. The van der Waals surface area contributed by atoms with Gasteiger partial charge in [-0.3, -0.25) is 5.43 Å². The lowest BCUT2D eigenvalue weighted by molar-refractivity contribution is 0.462. The highest BCUT2D eigenvalue weighted by molar-refractivity contribution is 7.80. The number of hydrogen-bond acceptors (Lipinski definition) is 3. The maximum Gasteiger partial charge on any atom is 0.178 e. The zero-order chi connectivity index (χ0) is 8.20. The summed E-state index contributed by atoms with van der Waals surface area (Å²) in [6.07, 6.45) is 0. The lowest BCUT2D eigenvalue weighted by Gasteiger charge is -2.17. The van der Waals surface area contributed by atoms with E-state index in [0.29, 0.717) is 0 Å². The van der Waals surface area contributed by atoms with E-state index in [-0.39, 0.29) is 5.11 Å². The number of hydrogen-bond donors (Lipinski definition) is 3. The summed E-state index contributed by atoms with van der Waals surface area (Å²) in [6, 6.07) is 2.01. The van der Waals surface area contributed by atoms with Gasteiger partial charge in [0.25, 0.3) is 0 Å². The first-order valence-corrected chi connectivity index (χ1v) is 3.12. The van der Waals surface area contributed by atoms with E-state index in [1.54, 1.807) is 13.8 Å². The molecule has 0 saturated carbocycles. The van der Waals surface area contributed by atoms with E-state index in [2.05, 4.69) is 23.1 Å². The van der Waals surface area contributed by atoms with E-state index in [9.17, 15) is 0 Å². The van der Waals surface area contributed by atoms with Gasteiger partial charge in [0.2, 0.25) is 0 Å². The SMILES string of the molecule is CC(C)(C#N)NNC(N)=S. The van der Waals surface area contributed by atoms with Crippen molar-refractivity contribution in [1.82, 2.24) is 10.9 Å². The Morgan fingerprint density at radius 1 is 1.70 bits per heavy atom. The predicted octanol–water partition coefficient (Wildman–Crippen LogP) is -0.374. The van der Waals surface area contributed by atoms with Gasteiger partial charge in [-0.1, -0.05) is 0 Å². The van der Waals surface area contributed by atoms with Crippen LogP contribution in [0, 0.1) is 11.3 Å². The highest BCUT2D eigenvalue weighted by Gasteiger charge is 2.14. The molecule has 0 heterocycles. The molecule has 0 bridgehead atoms. The third-order valence-electron chi connectivity index (χ3n) is 0.778. The number of hydrazine groups is 1. The Morgan fingerprint density at radius 2 is 2.20 bits per heavy atom. The van der Waals surface area contributed by atoms with Gasteiger partial charge in [-0.05, 0) is 26.1 Å². The molecule has 0 rings (SSSR count). The Bertz CT molecular complexity index is 169. The van der Waals surface area contributed by atoms with Gasteiger partial charge >= 0.3 is 0 Å². The number of rotatable bonds is 2. The fourth-order valence-corrected chi connectivity index (χ4v) is 0.297. The molecule has 4 N–H and O–H groups in total. The molecule has 0 aromatic carbocycles. The van der Waals surface area contributed by atoms with Crippen molar-refractivity contribution in [3.63, 3.8) is 0 Å². The van der Waals surface area contributed by atoms with Gasteiger partial charge in [-0.2, -0.15) is 5.26 Å². The van der Waals surface area contributed by atoms with Crippen LogP contribution in [-0.4, -0.2) is 10.7 Å². The Balaban J connectivity index is 3.71. The van der Waals surface area contributed by atoms with Crippen LogP contribution in [0.5, 0.6) is 0 Å². The summed E-state index contributed by atoms with van der Waals surface area (Å²) in [4.78, 5) is 0. The first kappa shape index (κ1) is 9.14. The Hall–Kier alpha value is -0.860. The zero-order valence-electron chi connectivity index (χ0n) is 5.93. The first-order chi connectivity index (χ1) is 4.48. The molecule has 4 nitrogen and oxygen atoms in total. The average molecular weight is 158 g/mol. The van der Waals surface area contributed by atoms with Crippen LogP contribution in [0.3, 0.4) is 0 Å². The van der Waals surface area contributed by atoms with Crippen molar-refractivity contribution < 1.29 is 0 Å². The van der Waals surface area contributed by atoms with Gasteiger partial charge in [0, 0.05) is 0 Å². The first-order valence-electron chi connectivity index (χ1n) is 2.72. The Morgan fingerprint density at radius 3 is 2.50 bits per heavy atom. The minimum atomic E-state index is -0.649. The van der Waals surface area contributed by atoms with Gasteiger partial charge in [-0.15, -0.1) is 0 Å². The summed E-state index contributed by atoms with van der Waals surface area (Å²) in [5, 5.41) is 8.60. The molecular formula is C5H10N4S. The fourth-order valence-electron chi connectivity index (χ4n) is 0.246. The molecule has 5 heteroatoms. The van der Waals surface area contributed by atoms with Crippen LogP contribution in [0.15, 0.2) is 0 Å². The molecule has 0 aromatic heterocycles. The second-order valence-corrected chi connectivity index (χ2v) is 2.79. The monoisotopic (exact) mass is 158 g/mol. The summed E-state index contributed by atoms with van der Waals surface area (Å²) < 4.78 is 0. The van der Waals surface area contributed by atoms with E-state index >= 15 is 0 Å². The standard InChI is InChI=1S/C5H10N4S/c1-5(2,3-6)9-8-4(7)10/h9H,1-2H3,(H3,7,8,10). The number of thiocarbonyl (C=S) groups is 1. The fraction of sp³-hybridized carbons (Fsp3) is 0.600. The normalized spacial score (nSPS) is 10.1. The molecule has 0 aliphatic rings. The third-order valence-corrected chi connectivity index (χ3v) is 0.880. The molecule has 0 aliphatic heterocycles. The highest BCUT2D eigenvalue weighted by atomic mass is 32.1. The van der Waals surface area contributed by atoms with Gasteiger partial charge in [0.1, 0.15) is 5.54 Å². The second kappa shape index (κ2) is 3.34. The van der Waals surface area contributed by atoms with Gasteiger partial charge < -0.3 is 5.73 Å². The molecule has 0 aromatic rings. The van der Waals surface area contributed by atoms with Crippen molar-refractivity contribution in [2.75, 3.05) is 0 Å². The lowest BCUT2D eigenvalue weighted by atomic mass is 10.1. The quantitative estimate of drug-likeness (QED) is 0.377. The lowest BCUT2D eigenvalue weighted by Crippen LogP contribution is -2.51. The highest BCUT2D eigenvalue weighted by Crippen LogP contribution is 1.94. The van der Waals surface area contributed by atoms with E-state index in [0.717, 1.165) is 0 Å². The van der Waals surface area contributed by atoms with Crippen LogP contribution in [0.4, 0.5) is 0 Å². The molecule has 56 valence electrons. The van der Waals surface area contributed by atoms with Crippen molar-refractivity contribution in [1.29, 1.82) is 5.26 Å². The molecule has 0 atom stereocenters. The number of nitrogens with one attached hydrogen (secondary N) is 2. The van der Waals surface area contributed by atoms with E-state index in [4.69, 9.17) is 11.0 Å². The van der Waals surface area contributed by atoms with Crippen LogP contribution in [0.1, 0.15) is 13.8 Å².